The van der Waals surface area contributed by atoms with Crippen molar-refractivity contribution in [2.45, 2.75) is 19.8 Å². The number of rotatable bonds is 4. The highest BCUT2D eigenvalue weighted by molar-refractivity contribution is 6.30. The maximum atomic E-state index is 14.9. The van der Waals surface area contributed by atoms with E-state index in [4.69, 9.17) is 11.6 Å². The van der Waals surface area contributed by atoms with Gasteiger partial charge in [-0.1, -0.05) is 59.9 Å². The Kier molecular flexibility index (Phi) is 6.63. The minimum atomic E-state index is -0.669. The summed E-state index contributed by atoms with van der Waals surface area (Å²) in [5, 5.41) is 0.509. The quantitative estimate of drug-likeness (QED) is 0.325. The van der Waals surface area contributed by atoms with E-state index in [2.05, 4.69) is 17.9 Å². The second kappa shape index (κ2) is 9.35. The van der Waals surface area contributed by atoms with Crippen LogP contribution in [0.5, 0.6) is 0 Å². The van der Waals surface area contributed by atoms with Crippen LogP contribution in [0.2, 0.25) is 5.02 Å². The number of aryl methyl sites for hydroxylation is 1. The van der Waals surface area contributed by atoms with Crippen LogP contribution in [0.1, 0.15) is 30.0 Å². The molecule has 0 aliphatic carbocycles. The van der Waals surface area contributed by atoms with Crippen molar-refractivity contribution >= 4 is 11.6 Å². The van der Waals surface area contributed by atoms with Gasteiger partial charge in [0.1, 0.15) is 11.6 Å². The van der Waals surface area contributed by atoms with Gasteiger partial charge >= 0.3 is 0 Å². The van der Waals surface area contributed by atoms with Crippen molar-refractivity contribution in [3.8, 4) is 23.0 Å². The number of hydrogen-bond donors (Lipinski definition) is 0. The number of halogens is 3. The molecule has 0 spiro atoms. The Morgan fingerprint density at radius 1 is 0.893 bits per heavy atom. The van der Waals surface area contributed by atoms with E-state index >= 15 is 0 Å². The SMILES string of the molecule is C/C=C/CCc1ccc(C#Cc2ccc(F)c(-c3ccc(Cl)cc3)c2F)cc1. The molecule has 3 rings (SSSR count). The first-order valence-electron chi connectivity index (χ1n) is 9.04. The fourth-order valence-corrected chi connectivity index (χ4v) is 2.97. The summed E-state index contributed by atoms with van der Waals surface area (Å²) in [6.45, 7) is 2.01. The molecular weight excluding hydrogens is 374 g/mol. The van der Waals surface area contributed by atoms with Crippen LogP contribution in [0.3, 0.4) is 0 Å². The standard InChI is InChI=1S/C25H19ClF2/c1-2-3-4-5-18-6-8-19(9-7-18)10-11-21-14-17-23(27)24(25(21)28)20-12-15-22(26)16-13-20/h2-3,6-9,12-17H,4-5H2,1H3/b3-2+. The highest BCUT2D eigenvalue weighted by Crippen LogP contribution is 2.29. The van der Waals surface area contributed by atoms with Crippen LogP contribution in [0.4, 0.5) is 8.78 Å². The van der Waals surface area contributed by atoms with Crippen LogP contribution in [0, 0.1) is 23.5 Å². The lowest BCUT2D eigenvalue weighted by molar-refractivity contribution is 0.587. The minimum absolute atomic E-state index is 0.0946. The van der Waals surface area contributed by atoms with Crippen molar-refractivity contribution < 1.29 is 8.78 Å². The molecule has 0 saturated heterocycles. The van der Waals surface area contributed by atoms with Gasteiger partial charge in [0.05, 0.1) is 11.1 Å². The zero-order valence-corrected chi connectivity index (χ0v) is 16.2. The van der Waals surface area contributed by atoms with Crippen molar-refractivity contribution in [3.05, 3.63) is 106 Å². The highest BCUT2D eigenvalue weighted by Gasteiger charge is 2.14. The maximum Gasteiger partial charge on any atom is 0.149 e. The van der Waals surface area contributed by atoms with E-state index in [0.717, 1.165) is 18.4 Å². The molecule has 0 heterocycles. The summed E-state index contributed by atoms with van der Waals surface area (Å²) in [5.74, 6) is 4.48. The van der Waals surface area contributed by atoms with E-state index in [1.165, 1.54) is 17.7 Å². The summed E-state index contributed by atoms with van der Waals surface area (Å²) in [6.07, 6.45) is 6.13. The molecule has 28 heavy (non-hydrogen) atoms. The van der Waals surface area contributed by atoms with Gasteiger partial charge in [0.25, 0.3) is 0 Å². The predicted octanol–water partition coefficient (Wildman–Crippen LogP) is 7.19. The average molecular weight is 393 g/mol. The van der Waals surface area contributed by atoms with Gasteiger partial charge in [-0.15, -0.1) is 0 Å². The van der Waals surface area contributed by atoms with E-state index in [1.807, 2.05) is 37.3 Å². The molecule has 0 bridgehead atoms. The summed E-state index contributed by atoms with van der Waals surface area (Å²) < 4.78 is 29.1. The molecule has 0 amide bonds. The molecule has 0 aromatic heterocycles. The van der Waals surface area contributed by atoms with Crippen LogP contribution in [-0.2, 0) is 6.42 Å². The van der Waals surface area contributed by atoms with Gasteiger partial charge < -0.3 is 0 Å². The molecule has 140 valence electrons. The third-order valence-corrected chi connectivity index (χ3v) is 4.61. The lowest BCUT2D eigenvalue weighted by Crippen LogP contribution is -1.94. The number of allylic oxidation sites excluding steroid dienone is 2. The molecule has 0 N–H and O–H groups in total. The molecule has 3 heteroatoms. The molecule has 0 unspecified atom stereocenters. The van der Waals surface area contributed by atoms with E-state index in [9.17, 15) is 8.78 Å². The zero-order chi connectivity index (χ0) is 19.9. The molecule has 0 aliphatic heterocycles. The number of hydrogen-bond acceptors (Lipinski definition) is 0. The molecule has 3 aromatic carbocycles. The molecule has 0 aliphatic rings. The minimum Gasteiger partial charge on any atom is -0.206 e. The average Bonchev–Trinajstić information content (AvgIpc) is 2.70. The largest absolute Gasteiger partial charge is 0.206 e. The first-order chi connectivity index (χ1) is 13.6. The first-order valence-corrected chi connectivity index (χ1v) is 9.42. The Morgan fingerprint density at radius 2 is 1.61 bits per heavy atom. The third kappa shape index (κ3) is 4.88. The van der Waals surface area contributed by atoms with E-state index < -0.39 is 11.6 Å². The topological polar surface area (TPSA) is 0 Å². The summed E-state index contributed by atoms with van der Waals surface area (Å²) in [6, 6.07) is 16.9. The Labute approximate surface area is 169 Å². The van der Waals surface area contributed by atoms with Crippen molar-refractivity contribution in [1.82, 2.24) is 0 Å². The Bertz CT molecular complexity index is 1040. The fourth-order valence-electron chi connectivity index (χ4n) is 2.84. The Morgan fingerprint density at radius 3 is 2.29 bits per heavy atom. The van der Waals surface area contributed by atoms with Crippen molar-refractivity contribution in [3.63, 3.8) is 0 Å². The Balaban J connectivity index is 1.86. The molecule has 3 aromatic rings. The second-order valence-corrected chi connectivity index (χ2v) is 6.78. The second-order valence-electron chi connectivity index (χ2n) is 6.35. The lowest BCUT2D eigenvalue weighted by Gasteiger charge is -2.07. The van der Waals surface area contributed by atoms with Crippen LogP contribution < -0.4 is 0 Å². The summed E-state index contributed by atoms with van der Waals surface area (Å²) in [4.78, 5) is 0. The van der Waals surface area contributed by atoms with Gasteiger partial charge in [0.15, 0.2) is 0 Å². The maximum absolute atomic E-state index is 14.9. The molecular formula is C25H19ClF2. The normalized spacial score (nSPS) is 10.7. The zero-order valence-electron chi connectivity index (χ0n) is 15.5. The van der Waals surface area contributed by atoms with E-state index in [0.29, 0.717) is 10.6 Å². The summed E-state index contributed by atoms with van der Waals surface area (Å²) in [5.41, 5.74) is 2.49. The highest BCUT2D eigenvalue weighted by atomic mass is 35.5. The van der Waals surface area contributed by atoms with Gasteiger partial charge in [0.2, 0.25) is 0 Å². The van der Waals surface area contributed by atoms with Crippen LogP contribution in [-0.4, -0.2) is 0 Å². The predicted molar refractivity (Wildman–Crippen MR) is 112 cm³/mol. The van der Waals surface area contributed by atoms with Crippen molar-refractivity contribution in [1.29, 1.82) is 0 Å². The Hall–Kier alpha value is -2.89. The molecule has 0 saturated carbocycles. The molecule has 0 nitrogen and oxygen atoms in total. The van der Waals surface area contributed by atoms with Gasteiger partial charge in [0, 0.05) is 10.6 Å². The fraction of sp³-hybridized carbons (Fsp3) is 0.120. The molecule has 0 radical (unpaired) electrons. The van der Waals surface area contributed by atoms with Crippen LogP contribution in [0.25, 0.3) is 11.1 Å². The number of benzene rings is 3. The third-order valence-electron chi connectivity index (χ3n) is 4.35. The monoisotopic (exact) mass is 392 g/mol. The van der Waals surface area contributed by atoms with Crippen LogP contribution in [0.15, 0.2) is 72.8 Å². The van der Waals surface area contributed by atoms with Gasteiger partial charge in [-0.3, -0.25) is 0 Å². The van der Waals surface area contributed by atoms with Crippen molar-refractivity contribution in [2.75, 3.05) is 0 Å². The van der Waals surface area contributed by atoms with Gasteiger partial charge in [-0.05, 0) is 67.3 Å². The summed E-state index contributed by atoms with van der Waals surface area (Å²) >= 11 is 5.86. The van der Waals surface area contributed by atoms with E-state index in [1.54, 1.807) is 24.3 Å². The molecule has 0 fully saturated rings. The smallest absolute Gasteiger partial charge is 0.149 e. The van der Waals surface area contributed by atoms with Crippen LogP contribution >= 0.6 is 11.6 Å². The van der Waals surface area contributed by atoms with Crippen molar-refractivity contribution in [2.24, 2.45) is 0 Å². The van der Waals surface area contributed by atoms with Gasteiger partial charge in [-0.2, -0.15) is 0 Å². The van der Waals surface area contributed by atoms with E-state index in [-0.39, 0.29) is 11.1 Å². The summed E-state index contributed by atoms with van der Waals surface area (Å²) in [7, 11) is 0. The van der Waals surface area contributed by atoms with Gasteiger partial charge in [-0.25, -0.2) is 8.78 Å². The molecule has 0 atom stereocenters. The first kappa shape index (κ1) is 19.9. The lowest BCUT2D eigenvalue weighted by atomic mass is 10.0.